The lowest BCUT2D eigenvalue weighted by atomic mass is 9.52. The molecule has 14 heavy (non-hydrogen) atoms. The van der Waals surface area contributed by atoms with Gasteiger partial charge in [0, 0.05) is 0 Å². The van der Waals surface area contributed by atoms with Crippen LogP contribution >= 0.6 is 0 Å². The fourth-order valence-corrected chi connectivity index (χ4v) is 5.76. The lowest BCUT2D eigenvalue weighted by Crippen LogP contribution is -2.44. The van der Waals surface area contributed by atoms with Crippen molar-refractivity contribution in [3.05, 3.63) is 0 Å². The SMILES string of the molecule is C1CC2CC3CCC4(CCC4C1)C3C2. The second kappa shape index (κ2) is 2.57. The predicted octanol–water partition coefficient (Wildman–Crippen LogP) is 4.00. The zero-order valence-corrected chi connectivity index (χ0v) is 9.17. The van der Waals surface area contributed by atoms with E-state index in [1.54, 1.807) is 57.8 Å². The van der Waals surface area contributed by atoms with E-state index < -0.39 is 0 Å². The normalized spacial score (nSPS) is 60.0. The molecule has 0 aliphatic heterocycles. The van der Waals surface area contributed by atoms with E-state index in [9.17, 15) is 0 Å². The molecule has 5 atom stereocenters. The van der Waals surface area contributed by atoms with Gasteiger partial charge in [-0.2, -0.15) is 0 Å². The summed E-state index contributed by atoms with van der Waals surface area (Å²) in [7, 11) is 0. The molecule has 4 rings (SSSR count). The van der Waals surface area contributed by atoms with Gasteiger partial charge in [-0.1, -0.05) is 12.8 Å². The summed E-state index contributed by atoms with van der Waals surface area (Å²) in [6.07, 6.45) is 14.5. The van der Waals surface area contributed by atoms with Crippen LogP contribution < -0.4 is 0 Å². The number of rotatable bonds is 0. The molecule has 0 aromatic carbocycles. The van der Waals surface area contributed by atoms with E-state index in [1.807, 2.05) is 0 Å². The highest BCUT2D eigenvalue weighted by molar-refractivity contribution is 5.09. The molecule has 0 aromatic rings. The first-order valence-electron chi connectivity index (χ1n) is 6.88. The number of hydrogen-bond acceptors (Lipinski definition) is 0. The Hall–Kier alpha value is 0. The van der Waals surface area contributed by atoms with Gasteiger partial charge in [0.2, 0.25) is 0 Å². The topological polar surface area (TPSA) is 0 Å². The summed E-state index contributed by atoms with van der Waals surface area (Å²) in [4.78, 5) is 0. The van der Waals surface area contributed by atoms with Gasteiger partial charge in [0.25, 0.3) is 0 Å². The third kappa shape index (κ3) is 0.823. The van der Waals surface area contributed by atoms with Gasteiger partial charge in [0.05, 0.1) is 0 Å². The average Bonchev–Trinajstić information content (AvgIpc) is 2.67. The molecule has 0 saturated heterocycles. The van der Waals surface area contributed by atoms with Crippen molar-refractivity contribution >= 4 is 0 Å². The Morgan fingerprint density at radius 1 is 0.857 bits per heavy atom. The second-order valence-electron chi connectivity index (χ2n) is 6.64. The maximum atomic E-state index is 1.64. The zero-order chi connectivity index (χ0) is 9.17. The second-order valence-corrected chi connectivity index (χ2v) is 6.64. The summed E-state index contributed by atoms with van der Waals surface area (Å²) in [6, 6.07) is 0. The average molecular weight is 190 g/mol. The van der Waals surface area contributed by atoms with Crippen molar-refractivity contribution in [2.24, 2.45) is 29.1 Å². The van der Waals surface area contributed by atoms with Gasteiger partial charge in [-0.15, -0.1) is 0 Å². The Balaban J connectivity index is 1.73. The van der Waals surface area contributed by atoms with Crippen LogP contribution in [0.1, 0.15) is 57.8 Å². The van der Waals surface area contributed by atoms with E-state index in [1.165, 1.54) is 17.8 Å². The molecule has 4 aliphatic carbocycles. The summed E-state index contributed by atoms with van der Waals surface area (Å²) in [5.41, 5.74) is 0.917. The number of fused-ring (bicyclic) bond motifs is 1. The van der Waals surface area contributed by atoms with Crippen LogP contribution in [0.3, 0.4) is 0 Å². The standard InChI is InChI=1S/C14H22/c1-2-10-8-11-4-6-14(13(11)9-10)7-5-12(14)3-1/h10-13H,1-9H2. The zero-order valence-electron chi connectivity index (χ0n) is 9.17. The summed E-state index contributed by atoms with van der Waals surface area (Å²) in [5, 5.41) is 0. The summed E-state index contributed by atoms with van der Waals surface area (Å²) in [5.74, 6) is 4.72. The van der Waals surface area contributed by atoms with Crippen LogP contribution in [0.5, 0.6) is 0 Å². The first-order valence-corrected chi connectivity index (χ1v) is 6.88. The summed E-state index contributed by atoms with van der Waals surface area (Å²) in [6.45, 7) is 0. The molecule has 4 saturated carbocycles. The van der Waals surface area contributed by atoms with E-state index in [0.717, 1.165) is 11.3 Å². The quantitative estimate of drug-likeness (QED) is 0.541. The van der Waals surface area contributed by atoms with Crippen LogP contribution in [0.2, 0.25) is 0 Å². The highest BCUT2D eigenvalue weighted by Crippen LogP contribution is 2.69. The Morgan fingerprint density at radius 3 is 2.64 bits per heavy atom. The fourth-order valence-electron chi connectivity index (χ4n) is 5.76. The molecule has 2 bridgehead atoms. The Labute approximate surface area is 87.5 Å². The van der Waals surface area contributed by atoms with Crippen molar-refractivity contribution in [2.75, 3.05) is 0 Å². The van der Waals surface area contributed by atoms with Gasteiger partial charge in [-0.05, 0) is 74.0 Å². The molecular formula is C14H22. The van der Waals surface area contributed by atoms with Crippen molar-refractivity contribution in [3.8, 4) is 0 Å². The predicted molar refractivity (Wildman–Crippen MR) is 57.9 cm³/mol. The number of hydrogen-bond donors (Lipinski definition) is 0. The van der Waals surface area contributed by atoms with Gasteiger partial charge < -0.3 is 0 Å². The van der Waals surface area contributed by atoms with E-state index in [-0.39, 0.29) is 0 Å². The van der Waals surface area contributed by atoms with Crippen LogP contribution in [0.25, 0.3) is 0 Å². The third-order valence-electron chi connectivity index (χ3n) is 6.45. The third-order valence-corrected chi connectivity index (χ3v) is 6.45. The van der Waals surface area contributed by atoms with Crippen LogP contribution in [-0.2, 0) is 0 Å². The molecule has 0 aromatic heterocycles. The van der Waals surface area contributed by atoms with E-state index >= 15 is 0 Å². The molecule has 4 fully saturated rings. The van der Waals surface area contributed by atoms with Crippen LogP contribution in [-0.4, -0.2) is 0 Å². The molecule has 1 spiro atoms. The van der Waals surface area contributed by atoms with Crippen molar-refractivity contribution in [1.29, 1.82) is 0 Å². The molecule has 0 amide bonds. The largest absolute Gasteiger partial charge is 0.0528 e. The van der Waals surface area contributed by atoms with Crippen molar-refractivity contribution in [3.63, 3.8) is 0 Å². The monoisotopic (exact) mass is 190 g/mol. The molecule has 0 heteroatoms. The fraction of sp³-hybridized carbons (Fsp3) is 1.00. The van der Waals surface area contributed by atoms with Crippen molar-refractivity contribution < 1.29 is 0 Å². The summed E-state index contributed by atoms with van der Waals surface area (Å²) < 4.78 is 0. The first-order chi connectivity index (χ1) is 6.88. The van der Waals surface area contributed by atoms with E-state index in [4.69, 9.17) is 0 Å². The maximum Gasteiger partial charge on any atom is -0.0238 e. The molecular weight excluding hydrogens is 168 g/mol. The molecule has 4 aliphatic rings. The highest BCUT2D eigenvalue weighted by atomic mass is 14.6. The van der Waals surface area contributed by atoms with Crippen LogP contribution in [0, 0.1) is 29.1 Å². The smallest absolute Gasteiger partial charge is 0.0238 e. The van der Waals surface area contributed by atoms with Crippen molar-refractivity contribution in [2.45, 2.75) is 57.8 Å². The summed E-state index contributed by atoms with van der Waals surface area (Å²) >= 11 is 0. The minimum Gasteiger partial charge on any atom is -0.0528 e. The molecule has 78 valence electrons. The molecule has 0 radical (unpaired) electrons. The minimum atomic E-state index is 0.917. The van der Waals surface area contributed by atoms with Gasteiger partial charge in [-0.25, -0.2) is 0 Å². The highest BCUT2D eigenvalue weighted by Gasteiger charge is 2.59. The molecule has 0 N–H and O–H groups in total. The minimum absolute atomic E-state index is 0.917. The molecule has 0 heterocycles. The lowest BCUT2D eigenvalue weighted by molar-refractivity contribution is -0.0298. The maximum absolute atomic E-state index is 1.64. The Bertz CT molecular complexity index is 257. The van der Waals surface area contributed by atoms with Crippen molar-refractivity contribution in [1.82, 2.24) is 0 Å². The van der Waals surface area contributed by atoms with E-state index in [0.29, 0.717) is 0 Å². The lowest BCUT2D eigenvalue weighted by Gasteiger charge is -2.53. The van der Waals surface area contributed by atoms with Gasteiger partial charge in [0.1, 0.15) is 0 Å². The Morgan fingerprint density at radius 2 is 1.79 bits per heavy atom. The van der Waals surface area contributed by atoms with E-state index in [2.05, 4.69) is 0 Å². The molecule has 0 nitrogen and oxygen atoms in total. The van der Waals surface area contributed by atoms with Gasteiger partial charge in [-0.3, -0.25) is 0 Å². The van der Waals surface area contributed by atoms with Gasteiger partial charge >= 0.3 is 0 Å². The van der Waals surface area contributed by atoms with Gasteiger partial charge in [0.15, 0.2) is 0 Å². The Kier molecular flexibility index (Phi) is 1.50. The first kappa shape index (κ1) is 8.19. The van der Waals surface area contributed by atoms with Crippen LogP contribution in [0.15, 0.2) is 0 Å². The molecule has 5 unspecified atom stereocenters. The van der Waals surface area contributed by atoms with Crippen LogP contribution in [0.4, 0.5) is 0 Å².